The molecule has 0 aliphatic heterocycles. The van der Waals surface area contributed by atoms with E-state index in [4.69, 9.17) is 10.5 Å². The molecule has 0 spiro atoms. The second-order valence-electron chi connectivity index (χ2n) is 4.58. The smallest absolute Gasteiger partial charge is 0.236 e. The van der Waals surface area contributed by atoms with Crippen LogP contribution in [0.4, 0.5) is 0 Å². The van der Waals surface area contributed by atoms with Gasteiger partial charge in [-0.25, -0.2) is 0 Å². The molecule has 0 radical (unpaired) electrons. The Kier molecular flexibility index (Phi) is 5.16. The molecule has 1 amide bonds. The molecular formula is C14H22N2O2. The van der Waals surface area contributed by atoms with Crippen LogP contribution in [0.25, 0.3) is 0 Å². The summed E-state index contributed by atoms with van der Waals surface area (Å²) in [4.78, 5) is 11.3. The number of ether oxygens (including phenoxy) is 1. The lowest BCUT2D eigenvalue weighted by atomic mass is 10.1. The molecule has 18 heavy (non-hydrogen) atoms. The molecule has 1 unspecified atom stereocenters. The predicted octanol–water partition coefficient (Wildman–Crippen LogP) is 1.45. The van der Waals surface area contributed by atoms with Gasteiger partial charge >= 0.3 is 0 Å². The summed E-state index contributed by atoms with van der Waals surface area (Å²) in [5.41, 5.74) is 8.90. The molecule has 0 aromatic heterocycles. The molecule has 0 aliphatic rings. The zero-order chi connectivity index (χ0) is 13.7. The van der Waals surface area contributed by atoms with Crippen LogP contribution < -0.4 is 15.8 Å². The number of carbonyl (C=O) groups is 1. The van der Waals surface area contributed by atoms with Gasteiger partial charge in [-0.1, -0.05) is 12.1 Å². The normalized spacial score (nSPS) is 12.1. The molecule has 4 heteroatoms. The number of benzene rings is 1. The number of aryl methyl sites for hydroxylation is 2. The van der Waals surface area contributed by atoms with Crippen molar-refractivity contribution in [2.75, 3.05) is 13.2 Å². The monoisotopic (exact) mass is 250 g/mol. The van der Waals surface area contributed by atoms with E-state index in [-0.39, 0.29) is 5.91 Å². The van der Waals surface area contributed by atoms with Gasteiger partial charge in [-0.3, -0.25) is 4.79 Å². The van der Waals surface area contributed by atoms with Crippen molar-refractivity contribution in [2.45, 2.75) is 33.7 Å². The van der Waals surface area contributed by atoms with E-state index in [0.717, 1.165) is 16.9 Å². The minimum absolute atomic E-state index is 0.156. The summed E-state index contributed by atoms with van der Waals surface area (Å²) in [6, 6.07) is 3.64. The minimum atomic E-state index is -0.479. The standard InChI is InChI=1S/C14H22N2O2/c1-9-5-6-10(2)13(11(9)3)18-8-7-16-14(17)12(4)15/h5-6,12H,7-8,15H2,1-4H3,(H,16,17). The summed E-state index contributed by atoms with van der Waals surface area (Å²) in [5, 5.41) is 2.72. The first kappa shape index (κ1) is 14.5. The molecule has 0 saturated carbocycles. The quantitative estimate of drug-likeness (QED) is 0.777. The largest absolute Gasteiger partial charge is 0.491 e. The minimum Gasteiger partial charge on any atom is -0.491 e. The Labute approximate surface area is 109 Å². The Morgan fingerprint density at radius 2 is 1.94 bits per heavy atom. The predicted molar refractivity (Wildman–Crippen MR) is 72.8 cm³/mol. The average molecular weight is 250 g/mol. The lowest BCUT2D eigenvalue weighted by molar-refractivity contribution is -0.122. The van der Waals surface area contributed by atoms with Crippen molar-refractivity contribution in [1.82, 2.24) is 5.32 Å². The van der Waals surface area contributed by atoms with Gasteiger partial charge in [0.2, 0.25) is 5.91 Å². The molecule has 0 saturated heterocycles. The molecule has 1 aromatic rings. The Balaban J connectivity index is 2.50. The van der Waals surface area contributed by atoms with E-state index in [0.29, 0.717) is 13.2 Å². The number of hydrogen-bond acceptors (Lipinski definition) is 3. The van der Waals surface area contributed by atoms with Crippen molar-refractivity contribution in [3.63, 3.8) is 0 Å². The molecule has 4 nitrogen and oxygen atoms in total. The summed E-state index contributed by atoms with van der Waals surface area (Å²) >= 11 is 0. The molecule has 3 N–H and O–H groups in total. The molecule has 0 aliphatic carbocycles. The zero-order valence-electron chi connectivity index (χ0n) is 11.5. The summed E-state index contributed by atoms with van der Waals surface area (Å²) in [6.07, 6.45) is 0. The van der Waals surface area contributed by atoms with E-state index in [2.05, 4.69) is 18.3 Å². The third-order valence-electron chi connectivity index (χ3n) is 2.93. The van der Waals surface area contributed by atoms with Crippen LogP contribution in [-0.2, 0) is 4.79 Å². The highest BCUT2D eigenvalue weighted by atomic mass is 16.5. The molecule has 100 valence electrons. The molecule has 0 heterocycles. The average Bonchev–Trinajstić information content (AvgIpc) is 2.32. The fraction of sp³-hybridized carbons (Fsp3) is 0.500. The Hall–Kier alpha value is -1.55. The molecule has 1 atom stereocenters. The van der Waals surface area contributed by atoms with Gasteiger partial charge in [-0.15, -0.1) is 0 Å². The second kappa shape index (κ2) is 6.40. The molecule has 1 rings (SSSR count). The molecular weight excluding hydrogens is 228 g/mol. The van der Waals surface area contributed by atoms with Crippen LogP contribution in [0.2, 0.25) is 0 Å². The molecule has 1 aromatic carbocycles. The van der Waals surface area contributed by atoms with Gasteiger partial charge in [0.05, 0.1) is 12.6 Å². The molecule has 0 fully saturated rings. The van der Waals surface area contributed by atoms with Gasteiger partial charge < -0.3 is 15.8 Å². The van der Waals surface area contributed by atoms with Crippen molar-refractivity contribution in [1.29, 1.82) is 0 Å². The van der Waals surface area contributed by atoms with Crippen molar-refractivity contribution in [2.24, 2.45) is 5.73 Å². The summed E-state index contributed by atoms with van der Waals surface area (Å²) in [7, 11) is 0. The van der Waals surface area contributed by atoms with Gasteiger partial charge in [-0.2, -0.15) is 0 Å². The lowest BCUT2D eigenvalue weighted by Crippen LogP contribution is -2.40. The van der Waals surface area contributed by atoms with Crippen LogP contribution >= 0.6 is 0 Å². The van der Waals surface area contributed by atoms with Gasteiger partial charge in [-0.05, 0) is 44.4 Å². The summed E-state index contributed by atoms with van der Waals surface area (Å²) in [5.74, 6) is 0.751. The number of rotatable bonds is 5. The van der Waals surface area contributed by atoms with E-state index >= 15 is 0 Å². The maximum Gasteiger partial charge on any atom is 0.236 e. The highest BCUT2D eigenvalue weighted by molar-refractivity contribution is 5.80. The van der Waals surface area contributed by atoms with Crippen LogP contribution in [0.3, 0.4) is 0 Å². The van der Waals surface area contributed by atoms with Crippen molar-refractivity contribution in [3.05, 3.63) is 28.8 Å². The van der Waals surface area contributed by atoms with E-state index in [1.807, 2.05) is 19.9 Å². The number of carbonyl (C=O) groups excluding carboxylic acids is 1. The zero-order valence-corrected chi connectivity index (χ0v) is 11.5. The third-order valence-corrected chi connectivity index (χ3v) is 2.93. The first-order valence-corrected chi connectivity index (χ1v) is 6.16. The summed E-state index contributed by atoms with van der Waals surface area (Å²) < 4.78 is 5.72. The third kappa shape index (κ3) is 3.74. The maximum atomic E-state index is 11.3. The Morgan fingerprint density at radius 1 is 1.33 bits per heavy atom. The van der Waals surface area contributed by atoms with Crippen LogP contribution in [-0.4, -0.2) is 25.1 Å². The topological polar surface area (TPSA) is 64.3 Å². The molecule has 0 bridgehead atoms. The van der Waals surface area contributed by atoms with Gasteiger partial charge in [0.1, 0.15) is 12.4 Å². The highest BCUT2D eigenvalue weighted by Crippen LogP contribution is 2.25. The first-order valence-electron chi connectivity index (χ1n) is 6.16. The number of hydrogen-bond donors (Lipinski definition) is 2. The second-order valence-corrected chi connectivity index (χ2v) is 4.58. The fourth-order valence-corrected chi connectivity index (χ4v) is 1.64. The number of amides is 1. The SMILES string of the molecule is Cc1ccc(C)c(OCCNC(=O)C(C)N)c1C. The Morgan fingerprint density at radius 3 is 2.56 bits per heavy atom. The van der Waals surface area contributed by atoms with Gasteiger partial charge in [0.25, 0.3) is 0 Å². The van der Waals surface area contributed by atoms with Crippen LogP contribution in [0.15, 0.2) is 12.1 Å². The van der Waals surface area contributed by atoms with Crippen molar-refractivity contribution < 1.29 is 9.53 Å². The van der Waals surface area contributed by atoms with Gasteiger partial charge in [0.15, 0.2) is 0 Å². The van der Waals surface area contributed by atoms with E-state index < -0.39 is 6.04 Å². The highest BCUT2D eigenvalue weighted by Gasteiger charge is 2.08. The van der Waals surface area contributed by atoms with E-state index in [9.17, 15) is 4.79 Å². The van der Waals surface area contributed by atoms with Crippen LogP contribution in [0.5, 0.6) is 5.75 Å². The fourth-order valence-electron chi connectivity index (χ4n) is 1.64. The number of nitrogens with two attached hydrogens (primary N) is 1. The van der Waals surface area contributed by atoms with Gasteiger partial charge in [0, 0.05) is 0 Å². The van der Waals surface area contributed by atoms with Crippen molar-refractivity contribution >= 4 is 5.91 Å². The van der Waals surface area contributed by atoms with E-state index in [1.165, 1.54) is 5.56 Å². The van der Waals surface area contributed by atoms with Crippen LogP contribution in [0, 0.1) is 20.8 Å². The lowest BCUT2D eigenvalue weighted by Gasteiger charge is -2.14. The Bertz CT molecular complexity index is 428. The first-order chi connectivity index (χ1) is 8.43. The maximum absolute atomic E-state index is 11.3. The summed E-state index contributed by atoms with van der Waals surface area (Å²) in [6.45, 7) is 8.68. The van der Waals surface area contributed by atoms with E-state index in [1.54, 1.807) is 6.92 Å². The number of nitrogens with one attached hydrogen (secondary N) is 1. The van der Waals surface area contributed by atoms with Crippen LogP contribution in [0.1, 0.15) is 23.6 Å². The van der Waals surface area contributed by atoms with Crippen molar-refractivity contribution in [3.8, 4) is 5.75 Å².